The second-order valence-electron chi connectivity index (χ2n) is 13.0. The maximum absolute atomic E-state index is 12.3. The number of benzene rings is 4. The van der Waals surface area contributed by atoms with Gasteiger partial charge in [0.1, 0.15) is 17.1 Å². The molecule has 1 amide bonds. The molecule has 230 valence electrons. The van der Waals surface area contributed by atoms with Crippen LogP contribution in [0.25, 0.3) is 0 Å². The number of nitrogens with one attached hydrogen (secondary N) is 2. The fourth-order valence-electron chi connectivity index (χ4n) is 5.89. The first-order chi connectivity index (χ1) is 21.1. The lowest BCUT2D eigenvalue weighted by Crippen LogP contribution is -2.27. The Bertz CT molecular complexity index is 1490. The van der Waals surface area contributed by atoms with Crippen LogP contribution in [-0.2, 0) is 11.2 Å². The Morgan fingerprint density at radius 1 is 0.773 bits per heavy atom. The van der Waals surface area contributed by atoms with Gasteiger partial charge in [0.2, 0.25) is 0 Å². The monoisotopic (exact) mass is 702 g/mol. The summed E-state index contributed by atoms with van der Waals surface area (Å²) in [6.07, 6.45) is 5.60. The highest BCUT2D eigenvalue weighted by molar-refractivity contribution is 14.1. The lowest BCUT2D eigenvalue weighted by molar-refractivity contribution is 0.0636. The molecule has 0 radical (unpaired) electrons. The number of amides is 1. The van der Waals surface area contributed by atoms with Crippen molar-refractivity contribution < 1.29 is 14.3 Å². The van der Waals surface area contributed by atoms with Crippen molar-refractivity contribution in [1.29, 1.82) is 0 Å². The molecule has 6 heteroatoms. The highest BCUT2D eigenvalue weighted by Crippen LogP contribution is 2.37. The number of anilines is 2. The van der Waals surface area contributed by atoms with Crippen molar-refractivity contribution in [3.05, 3.63) is 119 Å². The third-order valence-electron chi connectivity index (χ3n) is 8.35. The minimum absolute atomic E-state index is 0.135. The van der Waals surface area contributed by atoms with Crippen molar-refractivity contribution in [2.45, 2.75) is 77.2 Å². The van der Waals surface area contributed by atoms with Crippen molar-refractivity contribution in [2.75, 3.05) is 8.85 Å². The van der Waals surface area contributed by atoms with E-state index in [-0.39, 0.29) is 5.92 Å². The summed E-state index contributed by atoms with van der Waals surface area (Å²) in [6, 6.07) is 33.7. The van der Waals surface area contributed by atoms with Crippen molar-refractivity contribution in [3.63, 3.8) is 0 Å². The number of rotatable bonds is 9. The number of hydrogen-bond donors (Lipinski definition) is 2. The van der Waals surface area contributed by atoms with Gasteiger partial charge in [0, 0.05) is 17.3 Å². The normalized spacial score (nSPS) is 17.4. The Morgan fingerprint density at radius 2 is 1.30 bits per heavy atom. The molecule has 1 unspecified atom stereocenters. The lowest BCUT2D eigenvalue weighted by Gasteiger charge is -2.26. The van der Waals surface area contributed by atoms with E-state index < -0.39 is 11.7 Å². The first-order valence-electron chi connectivity index (χ1n) is 15.6. The van der Waals surface area contributed by atoms with Crippen LogP contribution in [0.2, 0.25) is 0 Å². The van der Waals surface area contributed by atoms with E-state index in [4.69, 9.17) is 9.47 Å². The molecule has 4 aromatic carbocycles. The Morgan fingerprint density at radius 3 is 1.82 bits per heavy atom. The third kappa shape index (κ3) is 9.00. The molecule has 0 saturated heterocycles. The van der Waals surface area contributed by atoms with Crippen LogP contribution >= 0.6 is 22.9 Å². The Balaban J connectivity index is 1.27. The van der Waals surface area contributed by atoms with Gasteiger partial charge < -0.3 is 13.0 Å². The molecule has 5 nitrogen and oxygen atoms in total. The van der Waals surface area contributed by atoms with Gasteiger partial charge in [-0.2, -0.15) is 0 Å². The number of ether oxygens (including phenoxy) is 2. The predicted octanol–water partition coefficient (Wildman–Crippen LogP) is 11.3. The standard InChI is InChI=1S/C38H43IN2O3/c1-26-5-9-28(10-6-26)29-15-23-35(24-16-29)43-34-21-7-27(8-22-34)25-36(31-13-19-33(41-39)20-14-31)30-11-17-32(18-12-30)40-37(42)44-38(2,3)4/h7-8,11-24,26,28,36,41H,5-6,9-10,25H2,1-4H3,(H,40,42). The maximum atomic E-state index is 12.3. The summed E-state index contributed by atoms with van der Waals surface area (Å²) in [4.78, 5) is 12.3. The van der Waals surface area contributed by atoms with Gasteiger partial charge in [0.05, 0.1) is 22.9 Å². The van der Waals surface area contributed by atoms with Crippen LogP contribution in [0.15, 0.2) is 97.1 Å². The number of carbonyl (C=O) groups excluding carboxylic acids is 1. The minimum atomic E-state index is -0.549. The average molecular weight is 703 g/mol. The summed E-state index contributed by atoms with van der Waals surface area (Å²) >= 11 is 2.15. The molecule has 1 saturated carbocycles. The second-order valence-corrected chi connectivity index (χ2v) is 13.5. The molecule has 0 bridgehead atoms. The van der Waals surface area contributed by atoms with E-state index in [0.29, 0.717) is 11.6 Å². The molecule has 2 N–H and O–H groups in total. The van der Waals surface area contributed by atoms with E-state index in [1.165, 1.54) is 47.9 Å². The predicted molar refractivity (Wildman–Crippen MR) is 189 cm³/mol. The van der Waals surface area contributed by atoms with E-state index >= 15 is 0 Å². The molecule has 0 heterocycles. The van der Waals surface area contributed by atoms with Crippen molar-refractivity contribution in [1.82, 2.24) is 0 Å². The minimum Gasteiger partial charge on any atom is -0.457 e. The SMILES string of the molecule is CC1CCC(c2ccc(Oc3ccc(CC(c4ccc(NI)cc4)c4ccc(NC(=O)OC(C)(C)C)cc4)cc3)cc2)CC1. The summed E-state index contributed by atoms with van der Waals surface area (Å²) in [5.74, 6) is 3.38. The van der Waals surface area contributed by atoms with E-state index in [2.05, 4.69) is 124 Å². The summed E-state index contributed by atoms with van der Waals surface area (Å²) in [5.41, 5.74) is 6.26. The van der Waals surface area contributed by atoms with Crippen LogP contribution in [0.1, 0.15) is 87.5 Å². The van der Waals surface area contributed by atoms with Gasteiger partial charge in [0.15, 0.2) is 0 Å². The second kappa shape index (κ2) is 14.5. The molecule has 1 fully saturated rings. The number of hydrogen-bond acceptors (Lipinski definition) is 4. The van der Waals surface area contributed by atoms with E-state index in [0.717, 1.165) is 29.5 Å². The average Bonchev–Trinajstić information content (AvgIpc) is 3.01. The van der Waals surface area contributed by atoms with Crippen LogP contribution in [0.3, 0.4) is 0 Å². The first-order valence-corrected chi connectivity index (χ1v) is 16.7. The number of carbonyl (C=O) groups is 1. The zero-order valence-corrected chi connectivity index (χ0v) is 28.3. The van der Waals surface area contributed by atoms with E-state index in [1.54, 1.807) is 0 Å². The van der Waals surface area contributed by atoms with Gasteiger partial charge >= 0.3 is 6.09 Å². The van der Waals surface area contributed by atoms with E-state index in [9.17, 15) is 4.79 Å². The van der Waals surface area contributed by atoms with Crippen molar-refractivity contribution in [2.24, 2.45) is 5.92 Å². The van der Waals surface area contributed by atoms with Crippen LogP contribution in [0.5, 0.6) is 11.5 Å². The zero-order valence-electron chi connectivity index (χ0n) is 26.1. The molecule has 1 aliphatic carbocycles. The molecule has 44 heavy (non-hydrogen) atoms. The molecule has 1 aliphatic rings. The Labute approximate surface area is 276 Å². The summed E-state index contributed by atoms with van der Waals surface area (Å²) in [5, 5.41) is 2.83. The van der Waals surface area contributed by atoms with Crippen molar-refractivity contribution in [3.8, 4) is 11.5 Å². The maximum Gasteiger partial charge on any atom is 0.412 e. The summed E-state index contributed by atoms with van der Waals surface area (Å²) in [7, 11) is 0. The van der Waals surface area contributed by atoms with E-state index in [1.807, 2.05) is 32.9 Å². The van der Waals surface area contributed by atoms with Gasteiger partial charge in [0.25, 0.3) is 0 Å². The quantitative estimate of drug-likeness (QED) is 0.135. The number of halogens is 1. The molecule has 0 spiro atoms. The first kappa shape index (κ1) is 31.9. The summed E-state index contributed by atoms with van der Waals surface area (Å²) in [6.45, 7) is 7.93. The Kier molecular flexibility index (Phi) is 10.5. The molecular weight excluding hydrogens is 659 g/mol. The van der Waals surface area contributed by atoms with Gasteiger partial charge in [-0.1, -0.05) is 68.3 Å². The molecule has 1 atom stereocenters. The van der Waals surface area contributed by atoms with Crippen LogP contribution < -0.4 is 13.6 Å². The topological polar surface area (TPSA) is 59.6 Å². The summed E-state index contributed by atoms with van der Waals surface area (Å²) < 4.78 is 14.8. The van der Waals surface area contributed by atoms with Crippen LogP contribution in [0.4, 0.5) is 16.2 Å². The molecule has 4 aromatic rings. The fourth-order valence-corrected chi connectivity index (χ4v) is 6.25. The van der Waals surface area contributed by atoms with Crippen LogP contribution in [-0.4, -0.2) is 11.7 Å². The van der Waals surface area contributed by atoms with Crippen molar-refractivity contribution >= 4 is 40.3 Å². The highest BCUT2D eigenvalue weighted by Gasteiger charge is 2.20. The lowest BCUT2D eigenvalue weighted by atomic mass is 9.79. The smallest absolute Gasteiger partial charge is 0.412 e. The molecular formula is C38H43IN2O3. The van der Waals surface area contributed by atoms with Gasteiger partial charge in [-0.05, 0) is 123 Å². The van der Waals surface area contributed by atoms with Crippen LogP contribution in [0, 0.1) is 5.92 Å². The highest BCUT2D eigenvalue weighted by atomic mass is 127. The zero-order chi connectivity index (χ0) is 31.1. The van der Waals surface area contributed by atoms with Gasteiger partial charge in [-0.3, -0.25) is 5.32 Å². The molecule has 5 rings (SSSR count). The fraction of sp³-hybridized carbons (Fsp3) is 0.342. The largest absolute Gasteiger partial charge is 0.457 e. The third-order valence-corrected chi connectivity index (χ3v) is 8.97. The molecule has 0 aromatic heterocycles. The Hall–Kier alpha value is -3.52. The molecule has 0 aliphatic heterocycles. The van der Waals surface area contributed by atoms with Gasteiger partial charge in [-0.15, -0.1) is 0 Å². The van der Waals surface area contributed by atoms with Gasteiger partial charge in [-0.25, -0.2) is 4.79 Å².